The molecular formula is C11H24N2S. The summed E-state index contributed by atoms with van der Waals surface area (Å²) in [5, 5.41) is 0.661. The number of hydrogen-bond acceptors (Lipinski definition) is 3. The van der Waals surface area contributed by atoms with Crippen molar-refractivity contribution in [2.45, 2.75) is 50.4 Å². The predicted molar refractivity (Wildman–Crippen MR) is 65.8 cm³/mol. The first-order valence-corrected chi connectivity index (χ1v) is 6.64. The molecule has 0 aliphatic carbocycles. The van der Waals surface area contributed by atoms with Gasteiger partial charge in [-0.1, -0.05) is 6.92 Å². The third kappa shape index (κ3) is 2.10. The topological polar surface area (TPSA) is 29.3 Å². The summed E-state index contributed by atoms with van der Waals surface area (Å²) in [4.78, 5) is 2.48. The molecule has 0 bridgehead atoms. The number of nitrogens with two attached hydrogens (primary N) is 1. The van der Waals surface area contributed by atoms with Crippen LogP contribution in [0.1, 0.15) is 33.6 Å². The quantitative estimate of drug-likeness (QED) is 0.782. The summed E-state index contributed by atoms with van der Waals surface area (Å²) in [6.45, 7) is 7.62. The van der Waals surface area contributed by atoms with Crippen molar-refractivity contribution < 1.29 is 0 Å². The lowest BCUT2D eigenvalue weighted by Crippen LogP contribution is -2.61. The van der Waals surface area contributed by atoms with Gasteiger partial charge >= 0.3 is 0 Å². The summed E-state index contributed by atoms with van der Waals surface area (Å²) < 4.78 is 0. The Bertz CT molecular complexity index is 184. The molecule has 0 aromatic carbocycles. The Labute approximate surface area is 92.6 Å². The van der Waals surface area contributed by atoms with Gasteiger partial charge in [-0.25, -0.2) is 0 Å². The molecule has 1 fully saturated rings. The molecule has 0 spiro atoms. The van der Waals surface area contributed by atoms with Gasteiger partial charge in [0.2, 0.25) is 0 Å². The maximum atomic E-state index is 6.01. The van der Waals surface area contributed by atoms with E-state index in [1.807, 2.05) is 0 Å². The van der Waals surface area contributed by atoms with Gasteiger partial charge in [-0.15, -0.1) is 0 Å². The Morgan fingerprint density at radius 3 is 2.64 bits per heavy atom. The van der Waals surface area contributed by atoms with Crippen LogP contribution in [0.3, 0.4) is 0 Å². The molecule has 0 saturated carbocycles. The molecule has 0 aromatic rings. The van der Waals surface area contributed by atoms with Crippen LogP contribution in [-0.4, -0.2) is 41.1 Å². The lowest BCUT2D eigenvalue weighted by Gasteiger charge is -2.49. The molecule has 2 unspecified atom stereocenters. The first kappa shape index (κ1) is 12.3. The minimum Gasteiger partial charge on any atom is -0.329 e. The average Bonchev–Trinajstić information content (AvgIpc) is 2.18. The van der Waals surface area contributed by atoms with Crippen molar-refractivity contribution in [2.75, 3.05) is 19.3 Å². The van der Waals surface area contributed by atoms with Crippen LogP contribution in [0.4, 0.5) is 0 Å². The van der Waals surface area contributed by atoms with Crippen LogP contribution in [-0.2, 0) is 0 Å². The fraction of sp³-hybridized carbons (Fsp3) is 1.00. The molecule has 1 heterocycles. The van der Waals surface area contributed by atoms with Gasteiger partial charge in [0.15, 0.2) is 0 Å². The van der Waals surface area contributed by atoms with Crippen molar-refractivity contribution in [2.24, 2.45) is 5.73 Å². The van der Waals surface area contributed by atoms with Crippen LogP contribution in [0.25, 0.3) is 0 Å². The largest absolute Gasteiger partial charge is 0.329 e. The second-order valence-electron chi connectivity index (χ2n) is 4.63. The molecule has 84 valence electrons. The van der Waals surface area contributed by atoms with E-state index >= 15 is 0 Å². The highest BCUT2D eigenvalue weighted by molar-refractivity contribution is 8.00. The third-order valence-corrected chi connectivity index (χ3v) is 5.17. The van der Waals surface area contributed by atoms with Crippen LogP contribution in [0.15, 0.2) is 0 Å². The fourth-order valence-electron chi connectivity index (χ4n) is 2.39. The number of nitrogens with zero attached hydrogens (tertiary/aromatic N) is 1. The Morgan fingerprint density at radius 2 is 2.21 bits per heavy atom. The lowest BCUT2D eigenvalue weighted by molar-refractivity contribution is 0.0806. The van der Waals surface area contributed by atoms with Crippen molar-refractivity contribution in [1.29, 1.82) is 0 Å². The highest BCUT2D eigenvalue weighted by Crippen LogP contribution is 2.37. The van der Waals surface area contributed by atoms with E-state index in [4.69, 9.17) is 5.73 Å². The molecule has 2 nitrogen and oxygen atoms in total. The minimum atomic E-state index is 0.233. The first-order valence-electron chi connectivity index (χ1n) is 5.59. The number of rotatable bonds is 3. The van der Waals surface area contributed by atoms with Gasteiger partial charge in [-0.3, -0.25) is 4.90 Å². The zero-order chi connectivity index (χ0) is 10.8. The number of thioether (sulfide) groups is 1. The Kier molecular flexibility index (Phi) is 4.29. The van der Waals surface area contributed by atoms with Gasteiger partial charge in [0.05, 0.1) is 0 Å². The molecule has 1 saturated heterocycles. The van der Waals surface area contributed by atoms with Crippen LogP contribution >= 0.6 is 11.8 Å². The second-order valence-corrected chi connectivity index (χ2v) is 6.08. The van der Waals surface area contributed by atoms with E-state index in [0.29, 0.717) is 11.3 Å². The van der Waals surface area contributed by atoms with Crippen molar-refractivity contribution in [3.63, 3.8) is 0 Å². The van der Waals surface area contributed by atoms with Crippen LogP contribution < -0.4 is 5.73 Å². The van der Waals surface area contributed by atoms with Gasteiger partial charge in [-0.05, 0) is 39.5 Å². The molecule has 3 heteroatoms. The van der Waals surface area contributed by atoms with E-state index in [9.17, 15) is 0 Å². The molecular weight excluding hydrogens is 192 g/mol. The zero-order valence-electron chi connectivity index (χ0n) is 9.92. The second kappa shape index (κ2) is 4.86. The van der Waals surface area contributed by atoms with Crippen molar-refractivity contribution >= 4 is 11.8 Å². The summed E-state index contributed by atoms with van der Waals surface area (Å²) in [6.07, 6.45) is 2.57. The smallest absolute Gasteiger partial charge is 0.0447 e. The molecule has 0 radical (unpaired) electrons. The van der Waals surface area contributed by atoms with Gasteiger partial charge in [0.1, 0.15) is 0 Å². The molecule has 1 aliphatic heterocycles. The van der Waals surface area contributed by atoms with Crippen LogP contribution in [0.2, 0.25) is 0 Å². The molecule has 1 rings (SSSR count). The monoisotopic (exact) mass is 216 g/mol. The lowest BCUT2D eigenvalue weighted by atomic mass is 9.87. The van der Waals surface area contributed by atoms with E-state index < -0.39 is 0 Å². The predicted octanol–water partition coefficient (Wildman–Crippen LogP) is 1.94. The van der Waals surface area contributed by atoms with Crippen LogP contribution in [0.5, 0.6) is 0 Å². The highest BCUT2D eigenvalue weighted by Gasteiger charge is 2.41. The van der Waals surface area contributed by atoms with Gasteiger partial charge in [-0.2, -0.15) is 11.8 Å². The summed E-state index contributed by atoms with van der Waals surface area (Å²) in [6, 6.07) is 0.583. The minimum absolute atomic E-state index is 0.233. The van der Waals surface area contributed by atoms with Crippen molar-refractivity contribution in [1.82, 2.24) is 4.90 Å². The number of likely N-dealkylation sites (N-methyl/N-ethyl adjacent to an activating group) is 1. The fourth-order valence-corrected chi connectivity index (χ4v) is 3.74. The molecule has 0 aromatic heterocycles. The van der Waals surface area contributed by atoms with Crippen LogP contribution in [0, 0.1) is 0 Å². The Balaban J connectivity index is 2.82. The maximum absolute atomic E-state index is 6.01. The Morgan fingerprint density at radius 1 is 1.57 bits per heavy atom. The molecule has 2 N–H and O–H groups in total. The van der Waals surface area contributed by atoms with E-state index in [0.717, 1.165) is 6.54 Å². The first-order chi connectivity index (χ1) is 6.54. The van der Waals surface area contributed by atoms with Crippen molar-refractivity contribution in [3.8, 4) is 0 Å². The third-order valence-electron chi connectivity index (χ3n) is 3.71. The SMILES string of the molecule is CC(C)N(C)C1(CN)CCCSC1C. The number of hydrogen-bond donors (Lipinski definition) is 1. The summed E-state index contributed by atoms with van der Waals surface area (Å²) in [5.41, 5.74) is 6.25. The highest BCUT2D eigenvalue weighted by atomic mass is 32.2. The molecule has 2 atom stereocenters. The standard InChI is InChI=1S/C11H24N2S/c1-9(2)13(4)11(8-12)6-5-7-14-10(11)3/h9-10H,5-8,12H2,1-4H3. The van der Waals surface area contributed by atoms with Gasteiger partial charge < -0.3 is 5.73 Å². The van der Waals surface area contributed by atoms with Crippen molar-refractivity contribution in [3.05, 3.63) is 0 Å². The zero-order valence-corrected chi connectivity index (χ0v) is 10.7. The summed E-state index contributed by atoms with van der Waals surface area (Å²) in [5.74, 6) is 1.30. The normalized spacial score (nSPS) is 34.1. The summed E-state index contributed by atoms with van der Waals surface area (Å²) in [7, 11) is 2.22. The van der Waals surface area contributed by atoms with Gasteiger partial charge in [0.25, 0.3) is 0 Å². The van der Waals surface area contributed by atoms with E-state index in [-0.39, 0.29) is 5.54 Å². The molecule has 1 aliphatic rings. The maximum Gasteiger partial charge on any atom is 0.0447 e. The average molecular weight is 216 g/mol. The van der Waals surface area contributed by atoms with E-state index in [1.54, 1.807) is 0 Å². The molecule has 0 amide bonds. The van der Waals surface area contributed by atoms with E-state index in [1.165, 1.54) is 18.6 Å². The van der Waals surface area contributed by atoms with E-state index in [2.05, 4.69) is 44.5 Å². The summed E-state index contributed by atoms with van der Waals surface area (Å²) >= 11 is 2.07. The van der Waals surface area contributed by atoms with Gasteiger partial charge in [0, 0.05) is 23.4 Å². The Hall–Kier alpha value is 0.270. The molecule has 14 heavy (non-hydrogen) atoms.